The maximum Gasteiger partial charge on any atom is 0.320 e. The first kappa shape index (κ1) is 11.6. The molecule has 0 bridgehead atoms. The number of carbonyl (C=O) groups is 1. The number of carboxylic acids is 1. The second-order valence-corrected chi connectivity index (χ2v) is 3.69. The van der Waals surface area contributed by atoms with Crippen LogP contribution in [0.1, 0.15) is 19.4 Å². The van der Waals surface area contributed by atoms with E-state index in [0.717, 1.165) is 5.56 Å². The zero-order valence-electron chi connectivity index (χ0n) is 8.84. The van der Waals surface area contributed by atoms with E-state index >= 15 is 0 Å². The average molecular weight is 209 g/mol. The molecule has 0 aromatic carbocycles. The van der Waals surface area contributed by atoms with Crippen LogP contribution in [0.2, 0.25) is 0 Å². The molecule has 0 aliphatic heterocycles. The molecule has 0 amide bonds. The van der Waals surface area contributed by atoms with Gasteiger partial charge < -0.3 is 5.11 Å². The first-order chi connectivity index (χ1) is 7.11. The van der Waals surface area contributed by atoms with E-state index in [1.54, 1.807) is 12.4 Å². The second kappa shape index (κ2) is 5.41. The van der Waals surface area contributed by atoms with Gasteiger partial charge in [-0.25, -0.2) is 9.97 Å². The van der Waals surface area contributed by atoms with E-state index in [0.29, 0.717) is 6.54 Å². The van der Waals surface area contributed by atoms with Crippen LogP contribution in [0.15, 0.2) is 18.7 Å². The highest BCUT2D eigenvalue weighted by molar-refractivity contribution is 5.73. The van der Waals surface area contributed by atoms with Crippen molar-refractivity contribution >= 4 is 5.97 Å². The van der Waals surface area contributed by atoms with E-state index in [4.69, 9.17) is 5.11 Å². The molecule has 82 valence electrons. The van der Waals surface area contributed by atoms with Gasteiger partial charge >= 0.3 is 5.97 Å². The number of nitrogens with one attached hydrogen (secondary N) is 1. The Morgan fingerprint density at radius 3 is 2.53 bits per heavy atom. The van der Waals surface area contributed by atoms with E-state index in [1.807, 2.05) is 13.8 Å². The molecule has 5 heteroatoms. The van der Waals surface area contributed by atoms with Crippen molar-refractivity contribution in [3.05, 3.63) is 24.3 Å². The van der Waals surface area contributed by atoms with Crippen molar-refractivity contribution < 1.29 is 9.90 Å². The summed E-state index contributed by atoms with van der Waals surface area (Å²) in [4.78, 5) is 18.6. The molecule has 1 rings (SSSR count). The summed E-state index contributed by atoms with van der Waals surface area (Å²) >= 11 is 0. The number of rotatable bonds is 5. The third-order valence-electron chi connectivity index (χ3n) is 2.07. The Labute approximate surface area is 88.6 Å². The van der Waals surface area contributed by atoms with Crippen molar-refractivity contribution in [3.63, 3.8) is 0 Å². The quantitative estimate of drug-likeness (QED) is 0.745. The minimum absolute atomic E-state index is 0.0483. The van der Waals surface area contributed by atoms with Gasteiger partial charge in [0.15, 0.2) is 0 Å². The van der Waals surface area contributed by atoms with E-state index in [9.17, 15) is 4.79 Å². The molecule has 1 atom stereocenters. The molecule has 5 nitrogen and oxygen atoms in total. The Balaban J connectivity index is 2.51. The zero-order valence-corrected chi connectivity index (χ0v) is 8.84. The lowest BCUT2D eigenvalue weighted by Gasteiger charge is -2.17. The van der Waals surface area contributed by atoms with Crippen molar-refractivity contribution in [2.75, 3.05) is 0 Å². The Morgan fingerprint density at radius 1 is 1.47 bits per heavy atom. The van der Waals surface area contributed by atoms with Crippen molar-refractivity contribution in [2.24, 2.45) is 5.92 Å². The van der Waals surface area contributed by atoms with E-state index in [1.165, 1.54) is 6.33 Å². The molecule has 0 saturated heterocycles. The van der Waals surface area contributed by atoms with Crippen LogP contribution in [0.3, 0.4) is 0 Å². The second-order valence-electron chi connectivity index (χ2n) is 3.69. The number of hydrogen-bond acceptors (Lipinski definition) is 4. The topological polar surface area (TPSA) is 75.1 Å². The molecule has 1 unspecified atom stereocenters. The number of aromatic nitrogens is 2. The standard InChI is InChI=1S/C10H15N3O2/c1-7(2)9(10(14)15)13-5-8-3-11-6-12-4-8/h3-4,6-7,9,13H,5H2,1-2H3,(H,14,15). The fraction of sp³-hybridized carbons (Fsp3) is 0.500. The van der Waals surface area contributed by atoms with E-state index < -0.39 is 12.0 Å². The lowest BCUT2D eigenvalue weighted by Crippen LogP contribution is -2.40. The lowest BCUT2D eigenvalue weighted by atomic mass is 10.0. The summed E-state index contributed by atoms with van der Waals surface area (Å²) in [6.45, 7) is 4.20. The van der Waals surface area contributed by atoms with Gasteiger partial charge in [-0.2, -0.15) is 0 Å². The van der Waals surface area contributed by atoms with Crippen molar-refractivity contribution in [1.82, 2.24) is 15.3 Å². The van der Waals surface area contributed by atoms with Crippen LogP contribution < -0.4 is 5.32 Å². The zero-order chi connectivity index (χ0) is 11.3. The monoisotopic (exact) mass is 209 g/mol. The van der Waals surface area contributed by atoms with Crippen LogP contribution in [0.25, 0.3) is 0 Å². The van der Waals surface area contributed by atoms with Crippen LogP contribution in [0, 0.1) is 5.92 Å². The Kier molecular flexibility index (Phi) is 4.17. The van der Waals surface area contributed by atoms with E-state index in [-0.39, 0.29) is 5.92 Å². The first-order valence-electron chi connectivity index (χ1n) is 4.81. The minimum Gasteiger partial charge on any atom is -0.480 e. The predicted octanol–water partition coefficient (Wildman–Crippen LogP) is 0.675. The van der Waals surface area contributed by atoms with Gasteiger partial charge in [0.25, 0.3) is 0 Å². The van der Waals surface area contributed by atoms with Crippen LogP contribution >= 0.6 is 0 Å². The first-order valence-corrected chi connectivity index (χ1v) is 4.81. The molecule has 2 N–H and O–H groups in total. The average Bonchev–Trinajstić information content (AvgIpc) is 2.18. The third-order valence-corrected chi connectivity index (χ3v) is 2.07. The number of nitrogens with zero attached hydrogens (tertiary/aromatic N) is 2. The summed E-state index contributed by atoms with van der Waals surface area (Å²) in [6, 6.07) is -0.537. The molecule has 15 heavy (non-hydrogen) atoms. The SMILES string of the molecule is CC(C)C(NCc1cncnc1)C(=O)O. The summed E-state index contributed by atoms with van der Waals surface area (Å²) in [5.41, 5.74) is 0.879. The normalized spacial score (nSPS) is 12.7. The van der Waals surface area contributed by atoms with Gasteiger partial charge in [-0.1, -0.05) is 13.8 Å². The maximum absolute atomic E-state index is 10.9. The molecule has 0 spiro atoms. The summed E-state index contributed by atoms with van der Waals surface area (Å²) in [5.74, 6) is -0.783. The molecule has 0 aliphatic rings. The van der Waals surface area contributed by atoms with Gasteiger partial charge in [0.05, 0.1) is 0 Å². The summed E-state index contributed by atoms with van der Waals surface area (Å²) in [7, 11) is 0. The summed E-state index contributed by atoms with van der Waals surface area (Å²) in [5, 5.41) is 11.9. The smallest absolute Gasteiger partial charge is 0.320 e. The van der Waals surface area contributed by atoms with Crippen LogP contribution in [0.4, 0.5) is 0 Å². The van der Waals surface area contributed by atoms with Gasteiger partial charge in [0.2, 0.25) is 0 Å². The highest BCUT2D eigenvalue weighted by Crippen LogP contribution is 2.03. The molecule has 0 saturated carbocycles. The Hall–Kier alpha value is -1.49. The molecule has 1 aromatic rings. The Morgan fingerprint density at radius 2 is 2.07 bits per heavy atom. The van der Waals surface area contributed by atoms with Gasteiger partial charge in [-0.05, 0) is 5.92 Å². The highest BCUT2D eigenvalue weighted by atomic mass is 16.4. The van der Waals surface area contributed by atoms with Crippen molar-refractivity contribution in [2.45, 2.75) is 26.4 Å². The molecule has 1 aromatic heterocycles. The van der Waals surface area contributed by atoms with Crippen molar-refractivity contribution in [3.8, 4) is 0 Å². The van der Waals surface area contributed by atoms with Gasteiger partial charge in [-0.3, -0.25) is 10.1 Å². The fourth-order valence-electron chi connectivity index (χ4n) is 1.26. The highest BCUT2D eigenvalue weighted by Gasteiger charge is 2.20. The maximum atomic E-state index is 10.9. The molecule has 0 aliphatic carbocycles. The molecular formula is C10H15N3O2. The number of aliphatic carboxylic acids is 1. The fourth-order valence-corrected chi connectivity index (χ4v) is 1.26. The van der Waals surface area contributed by atoms with Crippen LogP contribution in [-0.4, -0.2) is 27.1 Å². The third kappa shape index (κ3) is 3.63. The van der Waals surface area contributed by atoms with Gasteiger partial charge in [-0.15, -0.1) is 0 Å². The van der Waals surface area contributed by atoms with E-state index in [2.05, 4.69) is 15.3 Å². The van der Waals surface area contributed by atoms with Gasteiger partial charge in [0, 0.05) is 24.5 Å². The molecular weight excluding hydrogens is 194 g/mol. The lowest BCUT2D eigenvalue weighted by molar-refractivity contribution is -0.140. The van der Waals surface area contributed by atoms with Gasteiger partial charge in [0.1, 0.15) is 12.4 Å². The molecule has 0 fully saturated rings. The minimum atomic E-state index is -0.832. The van der Waals surface area contributed by atoms with Crippen LogP contribution in [0.5, 0.6) is 0 Å². The Bertz CT molecular complexity index is 314. The van der Waals surface area contributed by atoms with Crippen molar-refractivity contribution in [1.29, 1.82) is 0 Å². The predicted molar refractivity (Wildman–Crippen MR) is 55.1 cm³/mol. The van der Waals surface area contributed by atoms with Crippen LogP contribution in [-0.2, 0) is 11.3 Å². The summed E-state index contributed by atoms with van der Waals surface area (Å²) < 4.78 is 0. The molecule has 1 heterocycles. The molecule has 0 radical (unpaired) electrons. The summed E-state index contributed by atoms with van der Waals surface area (Å²) in [6.07, 6.45) is 4.78. The number of hydrogen-bond donors (Lipinski definition) is 2. The number of carboxylic acid groups (broad SMARTS) is 1. The largest absolute Gasteiger partial charge is 0.480 e.